The standard InChI is InChI=1S/C14H14INO2/c1-7-5-8(15)6-11-9-3-2-4-10(9)13(14(17)18)16-12(7)11/h2-3,5-6,9-10,13,16H,4H2,1H3,(H,17,18)/p-1/t9-,10+,13-/m0/s1. The van der Waals surface area contributed by atoms with Gasteiger partial charge < -0.3 is 15.2 Å². The number of carboxylic acid groups (broad SMARTS) is 1. The number of carbonyl (C=O) groups is 1. The highest BCUT2D eigenvalue weighted by Crippen LogP contribution is 2.45. The lowest BCUT2D eigenvalue weighted by molar-refractivity contribution is -0.308. The summed E-state index contributed by atoms with van der Waals surface area (Å²) in [5, 5.41) is 14.4. The van der Waals surface area contributed by atoms with Crippen molar-refractivity contribution in [2.75, 3.05) is 5.32 Å². The van der Waals surface area contributed by atoms with Crippen LogP contribution in [0.4, 0.5) is 5.69 Å². The fourth-order valence-corrected chi connectivity index (χ4v) is 3.88. The summed E-state index contributed by atoms with van der Waals surface area (Å²) in [5.74, 6) is -0.713. The van der Waals surface area contributed by atoms with Crippen molar-refractivity contribution in [1.29, 1.82) is 0 Å². The van der Waals surface area contributed by atoms with E-state index in [1.165, 1.54) is 9.13 Å². The number of rotatable bonds is 1. The van der Waals surface area contributed by atoms with E-state index in [9.17, 15) is 9.90 Å². The minimum Gasteiger partial charge on any atom is -0.548 e. The third-order valence-corrected chi connectivity index (χ3v) is 4.51. The molecule has 0 fully saturated rings. The first kappa shape index (κ1) is 12.0. The fourth-order valence-electron chi connectivity index (χ4n) is 3.07. The molecular formula is C14H13INO2-. The normalized spacial score (nSPS) is 28.4. The molecule has 3 nitrogen and oxygen atoms in total. The lowest BCUT2D eigenvalue weighted by Crippen LogP contribution is -2.49. The highest BCUT2D eigenvalue weighted by molar-refractivity contribution is 14.1. The Morgan fingerprint density at radius 3 is 3.00 bits per heavy atom. The summed E-state index contributed by atoms with van der Waals surface area (Å²) in [4.78, 5) is 11.3. The topological polar surface area (TPSA) is 52.2 Å². The van der Waals surface area contributed by atoms with Gasteiger partial charge in [-0.05, 0) is 65.1 Å². The molecule has 94 valence electrons. The number of aryl methyl sites for hydroxylation is 1. The third-order valence-electron chi connectivity index (χ3n) is 3.88. The van der Waals surface area contributed by atoms with Crippen LogP contribution in [0, 0.1) is 16.4 Å². The van der Waals surface area contributed by atoms with Crippen LogP contribution in [0.5, 0.6) is 0 Å². The van der Waals surface area contributed by atoms with Crippen LogP contribution in [0.2, 0.25) is 0 Å². The quantitative estimate of drug-likeness (QED) is 0.618. The predicted molar refractivity (Wildman–Crippen MR) is 76.3 cm³/mol. The number of fused-ring (bicyclic) bond motifs is 3. The number of benzene rings is 1. The predicted octanol–water partition coefficient (Wildman–Crippen LogP) is 1.80. The number of hydrogen-bond donors (Lipinski definition) is 1. The second-order valence-electron chi connectivity index (χ2n) is 4.98. The molecule has 0 spiro atoms. The minimum atomic E-state index is -1.00. The van der Waals surface area contributed by atoms with Crippen molar-refractivity contribution in [3.8, 4) is 0 Å². The van der Waals surface area contributed by atoms with Crippen LogP contribution in [0.1, 0.15) is 23.5 Å². The zero-order valence-electron chi connectivity index (χ0n) is 9.94. The Kier molecular flexibility index (Phi) is 2.84. The molecule has 1 heterocycles. The first-order valence-electron chi connectivity index (χ1n) is 6.02. The van der Waals surface area contributed by atoms with Gasteiger partial charge in [0.15, 0.2) is 0 Å². The molecule has 4 heteroatoms. The van der Waals surface area contributed by atoms with E-state index in [0.29, 0.717) is 0 Å². The second-order valence-corrected chi connectivity index (χ2v) is 6.23. The molecule has 3 atom stereocenters. The van der Waals surface area contributed by atoms with Gasteiger partial charge in [0.1, 0.15) is 0 Å². The molecule has 0 aromatic heterocycles. The van der Waals surface area contributed by atoms with E-state index in [1.54, 1.807) is 0 Å². The zero-order valence-corrected chi connectivity index (χ0v) is 12.1. The number of carbonyl (C=O) groups excluding carboxylic acids is 1. The van der Waals surface area contributed by atoms with Crippen molar-refractivity contribution in [3.63, 3.8) is 0 Å². The minimum absolute atomic E-state index is 0.0834. The number of aliphatic carboxylic acids is 1. The van der Waals surface area contributed by atoms with Crippen molar-refractivity contribution in [3.05, 3.63) is 39.0 Å². The molecule has 1 N–H and O–H groups in total. The van der Waals surface area contributed by atoms with E-state index in [4.69, 9.17) is 0 Å². The van der Waals surface area contributed by atoms with Gasteiger partial charge in [0, 0.05) is 15.2 Å². The maximum absolute atomic E-state index is 11.3. The lowest BCUT2D eigenvalue weighted by atomic mass is 9.78. The molecule has 2 aliphatic rings. The second kappa shape index (κ2) is 4.26. The van der Waals surface area contributed by atoms with Crippen molar-refractivity contribution in [2.45, 2.75) is 25.3 Å². The van der Waals surface area contributed by atoms with Crippen LogP contribution in [0.15, 0.2) is 24.3 Å². The fraction of sp³-hybridized carbons (Fsp3) is 0.357. The van der Waals surface area contributed by atoms with Gasteiger partial charge in [-0.15, -0.1) is 0 Å². The van der Waals surface area contributed by atoms with Crippen LogP contribution >= 0.6 is 22.6 Å². The first-order valence-corrected chi connectivity index (χ1v) is 7.10. The number of allylic oxidation sites excluding steroid dienone is 2. The van der Waals surface area contributed by atoms with Gasteiger partial charge in [-0.1, -0.05) is 12.2 Å². The van der Waals surface area contributed by atoms with Crippen molar-refractivity contribution < 1.29 is 9.90 Å². The van der Waals surface area contributed by atoms with Crippen molar-refractivity contribution >= 4 is 34.2 Å². The Labute approximate surface area is 119 Å². The summed E-state index contributed by atoms with van der Waals surface area (Å²) < 4.78 is 1.19. The molecular weight excluding hydrogens is 341 g/mol. The molecule has 0 amide bonds. The van der Waals surface area contributed by atoms with Crippen molar-refractivity contribution in [1.82, 2.24) is 0 Å². The molecule has 18 heavy (non-hydrogen) atoms. The molecule has 0 radical (unpaired) electrons. The Morgan fingerprint density at radius 1 is 1.50 bits per heavy atom. The Balaban J connectivity index is 2.14. The van der Waals surface area contributed by atoms with Crippen LogP contribution in [0.3, 0.4) is 0 Å². The van der Waals surface area contributed by atoms with Crippen LogP contribution in [0.25, 0.3) is 0 Å². The van der Waals surface area contributed by atoms with E-state index in [2.05, 4.69) is 52.2 Å². The molecule has 1 aromatic rings. The van der Waals surface area contributed by atoms with Crippen molar-refractivity contribution in [2.24, 2.45) is 5.92 Å². The van der Waals surface area contributed by atoms with Crippen LogP contribution < -0.4 is 10.4 Å². The van der Waals surface area contributed by atoms with Gasteiger partial charge in [-0.2, -0.15) is 0 Å². The molecule has 0 saturated heterocycles. The molecule has 3 rings (SSSR count). The number of carboxylic acids is 1. The molecule has 1 aliphatic heterocycles. The summed E-state index contributed by atoms with van der Waals surface area (Å²) >= 11 is 2.30. The monoisotopic (exact) mass is 354 g/mol. The van der Waals surface area contributed by atoms with Crippen LogP contribution in [-0.4, -0.2) is 12.0 Å². The van der Waals surface area contributed by atoms with Gasteiger partial charge in [-0.3, -0.25) is 0 Å². The Bertz CT molecular complexity index is 553. The molecule has 1 aliphatic carbocycles. The van der Waals surface area contributed by atoms with Crippen LogP contribution in [-0.2, 0) is 4.79 Å². The summed E-state index contributed by atoms with van der Waals surface area (Å²) in [5.41, 5.74) is 3.29. The zero-order chi connectivity index (χ0) is 12.9. The van der Waals surface area contributed by atoms with E-state index in [0.717, 1.165) is 17.7 Å². The van der Waals surface area contributed by atoms with Gasteiger partial charge in [0.2, 0.25) is 0 Å². The van der Waals surface area contributed by atoms with E-state index in [1.807, 2.05) is 6.92 Å². The van der Waals surface area contributed by atoms with Gasteiger partial charge in [0.25, 0.3) is 0 Å². The average Bonchev–Trinajstić information content (AvgIpc) is 2.76. The summed E-state index contributed by atoms with van der Waals surface area (Å²) in [7, 11) is 0. The first-order chi connectivity index (χ1) is 8.58. The number of halogens is 1. The highest BCUT2D eigenvalue weighted by Gasteiger charge is 2.38. The maximum Gasteiger partial charge on any atom is 0.0698 e. The lowest BCUT2D eigenvalue weighted by Gasteiger charge is -2.38. The molecule has 0 bridgehead atoms. The molecule has 0 unspecified atom stereocenters. The number of anilines is 1. The van der Waals surface area contributed by atoms with E-state index >= 15 is 0 Å². The van der Waals surface area contributed by atoms with Gasteiger partial charge in [-0.25, -0.2) is 0 Å². The third kappa shape index (κ3) is 1.74. The summed E-state index contributed by atoms with van der Waals surface area (Å²) in [6, 6.07) is 3.63. The molecule has 1 aromatic carbocycles. The largest absolute Gasteiger partial charge is 0.548 e. The Morgan fingerprint density at radius 2 is 2.28 bits per heavy atom. The average molecular weight is 354 g/mol. The van der Waals surface area contributed by atoms with Gasteiger partial charge in [0.05, 0.1) is 12.0 Å². The molecule has 0 saturated carbocycles. The van der Waals surface area contributed by atoms with E-state index < -0.39 is 12.0 Å². The Hall–Kier alpha value is -1.04. The number of nitrogens with one attached hydrogen (secondary N) is 1. The summed E-state index contributed by atoms with van der Waals surface area (Å²) in [6.45, 7) is 2.01. The van der Waals surface area contributed by atoms with E-state index in [-0.39, 0.29) is 11.8 Å². The highest BCUT2D eigenvalue weighted by atomic mass is 127. The smallest absolute Gasteiger partial charge is 0.0698 e. The van der Waals surface area contributed by atoms with Gasteiger partial charge >= 0.3 is 0 Å². The number of hydrogen-bond acceptors (Lipinski definition) is 3. The maximum atomic E-state index is 11.3. The summed E-state index contributed by atoms with van der Waals surface area (Å²) in [6.07, 6.45) is 5.02. The SMILES string of the molecule is Cc1cc(I)cc2c1N[C@H](C(=O)[O-])[C@@H]1CC=C[C@H]21.